The predicted molar refractivity (Wildman–Crippen MR) is 110 cm³/mol. The largest absolute Gasteiger partial charge is 0.501 e. The molecule has 0 unspecified atom stereocenters. The Bertz CT molecular complexity index is 1310. The summed E-state index contributed by atoms with van der Waals surface area (Å²) in [5.41, 5.74) is -4.54. The zero-order valence-corrected chi connectivity index (χ0v) is 17.8. The maximum absolute atomic E-state index is 14.0. The van der Waals surface area contributed by atoms with E-state index in [1.54, 1.807) is 0 Å². The molecule has 0 amide bonds. The van der Waals surface area contributed by atoms with Gasteiger partial charge in [0, 0.05) is 29.4 Å². The summed E-state index contributed by atoms with van der Waals surface area (Å²) in [6, 6.07) is 4.42. The molecular formula is C21H19F4N3O3S. The van der Waals surface area contributed by atoms with Crippen LogP contribution in [-0.4, -0.2) is 36.4 Å². The molecule has 2 aromatic carbocycles. The highest BCUT2D eigenvalue weighted by molar-refractivity contribution is 7.92. The van der Waals surface area contributed by atoms with Crippen molar-refractivity contribution in [2.75, 3.05) is 6.54 Å². The van der Waals surface area contributed by atoms with Crippen molar-refractivity contribution in [2.24, 2.45) is 4.99 Å². The Hall–Kier alpha value is -2.95. The second-order valence-corrected chi connectivity index (χ2v) is 9.29. The van der Waals surface area contributed by atoms with Crippen LogP contribution in [0.4, 0.5) is 17.6 Å². The highest BCUT2D eigenvalue weighted by Gasteiger charge is 2.49. The fourth-order valence-corrected chi connectivity index (χ4v) is 4.71. The summed E-state index contributed by atoms with van der Waals surface area (Å²) >= 11 is 0. The van der Waals surface area contributed by atoms with Crippen molar-refractivity contribution in [1.82, 2.24) is 10.2 Å². The van der Waals surface area contributed by atoms with Gasteiger partial charge in [-0.1, -0.05) is 13.3 Å². The van der Waals surface area contributed by atoms with Crippen LogP contribution in [-0.2, 0) is 16.3 Å². The zero-order chi connectivity index (χ0) is 23.1. The van der Waals surface area contributed by atoms with E-state index in [4.69, 9.17) is 4.74 Å². The van der Waals surface area contributed by atoms with Crippen molar-refractivity contribution in [3.05, 3.63) is 47.4 Å². The molecule has 1 N–H and O–H groups in total. The molecule has 0 fully saturated rings. The lowest BCUT2D eigenvalue weighted by Gasteiger charge is -2.16. The third-order valence-electron chi connectivity index (χ3n) is 5.25. The standard InChI is InChI=1S/C21H19F4N3O3S/c1-2-3-8-26-15-5-4-13-17(6-7-19(20(13)15)32(29,30)21(23,24)25)31-18-10-12(22)9-16-14(18)11-27-28-16/h6-7,9-11H,2-5,8H2,1H3,(H,27,28)/b26-15-. The number of nitrogens with one attached hydrogen (secondary N) is 1. The lowest BCUT2D eigenvalue weighted by molar-refractivity contribution is -0.0436. The van der Waals surface area contributed by atoms with Gasteiger partial charge in [-0.25, -0.2) is 12.8 Å². The number of aromatic nitrogens is 2. The van der Waals surface area contributed by atoms with Gasteiger partial charge in [0.15, 0.2) is 0 Å². The number of alkyl halides is 3. The summed E-state index contributed by atoms with van der Waals surface area (Å²) in [4.78, 5) is 3.53. The van der Waals surface area contributed by atoms with Crippen molar-refractivity contribution < 1.29 is 30.7 Å². The third-order valence-corrected chi connectivity index (χ3v) is 6.77. The summed E-state index contributed by atoms with van der Waals surface area (Å²) < 4.78 is 84.4. The van der Waals surface area contributed by atoms with Crippen molar-refractivity contribution in [1.29, 1.82) is 0 Å². The lowest BCUT2D eigenvalue weighted by atomic mass is 10.1. The van der Waals surface area contributed by atoms with Crippen LogP contribution < -0.4 is 4.74 Å². The van der Waals surface area contributed by atoms with Gasteiger partial charge in [-0.05, 0) is 37.5 Å². The van der Waals surface area contributed by atoms with E-state index in [-0.39, 0.29) is 29.9 Å². The van der Waals surface area contributed by atoms with Gasteiger partial charge in [-0.3, -0.25) is 10.1 Å². The number of rotatable bonds is 6. The highest BCUT2D eigenvalue weighted by atomic mass is 32.2. The van der Waals surface area contributed by atoms with Crippen molar-refractivity contribution in [3.63, 3.8) is 0 Å². The number of hydrogen-bond donors (Lipinski definition) is 1. The topological polar surface area (TPSA) is 84.4 Å². The molecule has 1 heterocycles. The van der Waals surface area contributed by atoms with Crippen LogP contribution in [0.25, 0.3) is 10.9 Å². The molecule has 0 aliphatic heterocycles. The molecular weight excluding hydrogens is 450 g/mol. The first-order valence-electron chi connectivity index (χ1n) is 9.95. The molecule has 0 radical (unpaired) electrons. The number of unbranched alkanes of at least 4 members (excludes halogenated alkanes) is 1. The summed E-state index contributed by atoms with van der Waals surface area (Å²) in [6.45, 7) is 2.32. The Morgan fingerprint density at radius 3 is 2.69 bits per heavy atom. The Balaban J connectivity index is 1.86. The maximum Gasteiger partial charge on any atom is 0.501 e. The number of aliphatic imine (C=N–C) groups is 1. The lowest BCUT2D eigenvalue weighted by Crippen LogP contribution is -2.25. The monoisotopic (exact) mass is 469 g/mol. The summed E-state index contributed by atoms with van der Waals surface area (Å²) in [6.07, 6.45) is 3.52. The van der Waals surface area contributed by atoms with E-state index < -0.39 is 26.1 Å². The first-order valence-corrected chi connectivity index (χ1v) is 11.4. The quantitative estimate of drug-likeness (QED) is 0.391. The summed E-state index contributed by atoms with van der Waals surface area (Å²) in [5.74, 6) is -0.333. The minimum atomic E-state index is -5.60. The average Bonchev–Trinajstić information content (AvgIpc) is 3.35. The van der Waals surface area contributed by atoms with Crippen molar-refractivity contribution in [2.45, 2.75) is 43.0 Å². The summed E-state index contributed by atoms with van der Waals surface area (Å²) in [5, 5.41) is 6.95. The number of aromatic amines is 1. The van der Waals surface area contributed by atoms with E-state index in [1.165, 1.54) is 18.3 Å². The fourth-order valence-electron chi connectivity index (χ4n) is 3.70. The van der Waals surface area contributed by atoms with Gasteiger partial charge in [0.1, 0.15) is 17.3 Å². The highest BCUT2D eigenvalue weighted by Crippen LogP contribution is 2.42. The van der Waals surface area contributed by atoms with Crippen LogP contribution in [0.5, 0.6) is 11.5 Å². The molecule has 6 nitrogen and oxygen atoms in total. The zero-order valence-electron chi connectivity index (χ0n) is 17.0. The second-order valence-electron chi connectivity index (χ2n) is 7.38. The number of H-pyrrole nitrogens is 1. The molecule has 3 aromatic rings. The Kier molecular flexibility index (Phi) is 5.70. The fraction of sp³-hybridized carbons (Fsp3) is 0.333. The van der Waals surface area contributed by atoms with Gasteiger partial charge in [-0.15, -0.1) is 0 Å². The van der Waals surface area contributed by atoms with Gasteiger partial charge < -0.3 is 4.74 Å². The van der Waals surface area contributed by atoms with Crippen molar-refractivity contribution >= 4 is 26.5 Å². The molecule has 11 heteroatoms. The van der Waals surface area contributed by atoms with E-state index in [0.29, 0.717) is 28.7 Å². The van der Waals surface area contributed by atoms with Crippen LogP contribution in [0.3, 0.4) is 0 Å². The SMILES string of the molecule is CCCC/N=C1/CCc2c(Oc3cc(F)cc4[nH]ncc34)ccc(S(=O)(=O)C(F)(F)F)c21. The van der Waals surface area contributed by atoms with Crippen LogP contribution >= 0.6 is 0 Å². The van der Waals surface area contributed by atoms with Crippen LogP contribution in [0.1, 0.15) is 37.3 Å². The summed E-state index contributed by atoms with van der Waals surface area (Å²) in [7, 11) is -5.60. The van der Waals surface area contributed by atoms with Gasteiger partial charge in [0.05, 0.1) is 22.0 Å². The number of nitrogens with zero attached hydrogens (tertiary/aromatic N) is 2. The molecule has 0 atom stereocenters. The molecule has 32 heavy (non-hydrogen) atoms. The van der Waals surface area contributed by atoms with E-state index in [1.807, 2.05) is 6.92 Å². The molecule has 1 aliphatic rings. The molecule has 4 rings (SSSR count). The van der Waals surface area contributed by atoms with E-state index in [0.717, 1.165) is 25.0 Å². The molecule has 0 spiro atoms. The minimum Gasteiger partial charge on any atom is -0.456 e. The third kappa shape index (κ3) is 3.85. The van der Waals surface area contributed by atoms with Gasteiger partial charge in [-0.2, -0.15) is 18.3 Å². The number of fused-ring (bicyclic) bond motifs is 2. The maximum atomic E-state index is 14.0. The van der Waals surface area contributed by atoms with E-state index >= 15 is 0 Å². The van der Waals surface area contributed by atoms with Gasteiger partial charge in [0.25, 0.3) is 9.84 Å². The molecule has 0 saturated carbocycles. The predicted octanol–water partition coefficient (Wildman–Crippen LogP) is 5.32. The molecule has 0 saturated heterocycles. The molecule has 0 bridgehead atoms. The second kappa shape index (κ2) is 8.19. The van der Waals surface area contributed by atoms with Gasteiger partial charge in [0.2, 0.25) is 0 Å². The van der Waals surface area contributed by atoms with E-state index in [2.05, 4.69) is 15.2 Å². The number of benzene rings is 2. The average molecular weight is 469 g/mol. The number of hydrogen-bond acceptors (Lipinski definition) is 5. The first-order chi connectivity index (χ1) is 15.1. The normalized spacial score (nSPS) is 15.5. The smallest absolute Gasteiger partial charge is 0.456 e. The molecule has 1 aromatic heterocycles. The van der Waals surface area contributed by atoms with E-state index in [9.17, 15) is 26.0 Å². The first kappa shape index (κ1) is 22.3. The van der Waals surface area contributed by atoms with Crippen LogP contribution in [0, 0.1) is 5.82 Å². The number of ether oxygens (including phenoxy) is 1. The van der Waals surface area contributed by atoms with Crippen LogP contribution in [0.15, 0.2) is 40.4 Å². The molecule has 1 aliphatic carbocycles. The Labute approximate surface area is 181 Å². The van der Waals surface area contributed by atoms with Crippen LogP contribution in [0.2, 0.25) is 0 Å². The Morgan fingerprint density at radius 1 is 1.19 bits per heavy atom. The van der Waals surface area contributed by atoms with Gasteiger partial charge >= 0.3 is 5.51 Å². The molecule has 170 valence electrons. The Morgan fingerprint density at radius 2 is 1.97 bits per heavy atom. The minimum absolute atomic E-state index is 0.0734. The van der Waals surface area contributed by atoms with Crippen molar-refractivity contribution in [3.8, 4) is 11.5 Å². The number of sulfone groups is 1. The number of halogens is 4.